The molecule has 1 saturated carbocycles. The maximum atomic E-state index is 12.7. The van der Waals surface area contributed by atoms with Crippen LogP contribution >= 0.6 is 11.3 Å². The Bertz CT molecular complexity index is 1040. The first-order chi connectivity index (χ1) is 16.1. The van der Waals surface area contributed by atoms with Crippen LogP contribution in [0.4, 0.5) is 0 Å². The highest BCUT2D eigenvalue weighted by molar-refractivity contribution is 7.20. The number of carbonyl (C=O) groups is 1. The third-order valence-corrected chi connectivity index (χ3v) is 7.87. The Balaban J connectivity index is 1.57. The normalized spacial score (nSPS) is 16.7. The molecular weight excluding hydrogens is 436 g/mol. The topological polar surface area (TPSA) is 79.1 Å². The van der Waals surface area contributed by atoms with E-state index in [9.17, 15) is 4.79 Å². The summed E-state index contributed by atoms with van der Waals surface area (Å²) in [7, 11) is 0. The van der Waals surface area contributed by atoms with Crippen LogP contribution in [0, 0.1) is 11.3 Å². The van der Waals surface area contributed by atoms with Crippen LogP contribution in [0.1, 0.15) is 77.3 Å². The van der Waals surface area contributed by atoms with Gasteiger partial charge in [0.05, 0.1) is 22.9 Å². The third-order valence-electron chi connectivity index (χ3n) is 6.94. The van der Waals surface area contributed by atoms with Gasteiger partial charge in [-0.05, 0) is 43.4 Å². The van der Waals surface area contributed by atoms with Crippen molar-refractivity contribution in [1.82, 2.24) is 19.7 Å². The third kappa shape index (κ3) is 5.05. The van der Waals surface area contributed by atoms with Crippen molar-refractivity contribution in [2.75, 3.05) is 13.2 Å². The first-order valence-electron chi connectivity index (χ1n) is 12.1. The average molecular weight is 471 g/mol. The molecule has 1 atom stereocenters. The van der Waals surface area contributed by atoms with Crippen LogP contribution in [0.15, 0.2) is 30.9 Å². The second kappa shape index (κ2) is 10.6. The zero-order valence-corrected chi connectivity index (χ0v) is 20.6. The molecule has 0 bridgehead atoms. The molecule has 2 heterocycles. The van der Waals surface area contributed by atoms with Gasteiger partial charge >= 0.3 is 5.97 Å². The second-order valence-corrected chi connectivity index (χ2v) is 9.95. The molecule has 1 fully saturated rings. The van der Waals surface area contributed by atoms with Crippen LogP contribution in [-0.4, -0.2) is 38.9 Å². The van der Waals surface area contributed by atoms with Crippen molar-refractivity contribution in [2.24, 2.45) is 11.3 Å². The molecule has 0 aliphatic heterocycles. The van der Waals surface area contributed by atoms with Crippen LogP contribution in [0.2, 0.25) is 0 Å². The molecule has 1 aromatic carbocycles. The molecule has 33 heavy (non-hydrogen) atoms. The van der Waals surface area contributed by atoms with Gasteiger partial charge in [-0.2, -0.15) is 5.10 Å². The van der Waals surface area contributed by atoms with E-state index in [1.54, 1.807) is 12.7 Å². The molecule has 7 nitrogen and oxygen atoms in total. The van der Waals surface area contributed by atoms with Gasteiger partial charge in [0, 0.05) is 0 Å². The number of thiazole rings is 1. The zero-order chi connectivity index (χ0) is 23.3. The summed E-state index contributed by atoms with van der Waals surface area (Å²) in [5.74, 6) is 0.331. The fourth-order valence-corrected chi connectivity index (χ4v) is 5.89. The Morgan fingerprint density at radius 2 is 1.97 bits per heavy atom. The van der Waals surface area contributed by atoms with Gasteiger partial charge < -0.3 is 9.47 Å². The number of aromatic nitrogens is 4. The lowest BCUT2D eigenvalue weighted by Crippen LogP contribution is -2.40. The van der Waals surface area contributed by atoms with Crippen LogP contribution < -0.4 is 4.74 Å². The molecule has 0 saturated heterocycles. The number of hydrogen-bond donors (Lipinski definition) is 0. The highest BCUT2D eigenvalue weighted by atomic mass is 32.1. The molecule has 0 amide bonds. The SMILES string of the molecule is CCOC(=O)C1(COc2nc3ccc(C(C(CC)CC)n4cncn4)cc3s2)CCCCC1. The van der Waals surface area contributed by atoms with E-state index >= 15 is 0 Å². The van der Waals surface area contributed by atoms with E-state index in [1.165, 1.54) is 16.9 Å². The minimum Gasteiger partial charge on any atom is -0.469 e. The maximum Gasteiger partial charge on any atom is 0.315 e. The largest absolute Gasteiger partial charge is 0.469 e. The molecule has 4 rings (SSSR count). The summed E-state index contributed by atoms with van der Waals surface area (Å²) in [5.41, 5.74) is 1.56. The van der Waals surface area contributed by atoms with Crippen molar-refractivity contribution in [3.8, 4) is 5.19 Å². The maximum absolute atomic E-state index is 12.7. The number of rotatable bonds is 10. The molecule has 0 radical (unpaired) electrons. The van der Waals surface area contributed by atoms with Crippen molar-refractivity contribution in [1.29, 1.82) is 0 Å². The average Bonchev–Trinajstić information content (AvgIpc) is 3.51. The summed E-state index contributed by atoms with van der Waals surface area (Å²) < 4.78 is 14.6. The predicted molar refractivity (Wildman–Crippen MR) is 129 cm³/mol. The van der Waals surface area contributed by atoms with E-state index < -0.39 is 5.41 Å². The van der Waals surface area contributed by atoms with Gasteiger partial charge in [-0.3, -0.25) is 4.79 Å². The number of carbonyl (C=O) groups excluding carboxylic acids is 1. The number of fused-ring (bicyclic) bond motifs is 1. The molecule has 1 unspecified atom stereocenters. The summed E-state index contributed by atoms with van der Waals surface area (Å²) >= 11 is 1.53. The quantitative estimate of drug-likeness (QED) is 0.348. The second-order valence-electron chi connectivity index (χ2n) is 8.95. The van der Waals surface area contributed by atoms with Crippen LogP contribution in [0.5, 0.6) is 5.19 Å². The monoisotopic (exact) mass is 470 g/mol. The summed E-state index contributed by atoms with van der Waals surface area (Å²) in [5, 5.41) is 5.05. The molecule has 0 N–H and O–H groups in total. The minimum atomic E-state index is -0.551. The van der Waals surface area contributed by atoms with Crippen molar-refractivity contribution in [3.63, 3.8) is 0 Å². The number of esters is 1. The van der Waals surface area contributed by atoms with E-state index in [1.807, 2.05) is 11.6 Å². The van der Waals surface area contributed by atoms with Crippen LogP contribution in [-0.2, 0) is 9.53 Å². The van der Waals surface area contributed by atoms with Gasteiger partial charge in [0.1, 0.15) is 24.7 Å². The van der Waals surface area contributed by atoms with E-state index in [0.717, 1.165) is 55.2 Å². The van der Waals surface area contributed by atoms with Crippen LogP contribution in [0.3, 0.4) is 0 Å². The van der Waals surface area contributed by atoms with Gasteiger partial charge in [0.15, 0.2) is 0 Å². The van der Waals surface area contributed by atoms with Crippen molar-refractivity contribution < 1.29 is 14.3 Å². The molecule has 178 valence electrons. The van der Waals surface area contributed by atoms with Crippen molar-refractivity contribution in [3.05, 3.63) is 36.4 Å². The Labute approximate surface area is 199 Å². The molecule has 3 aromatic rings. The van der Waals surface area contributed by atoms with Gasteiger partial charge in [-0.15, -0.1) is 0 Å². The minimum absolute atomic E-state index is 0.131. The fraction of sp³-hybridized carbons (Fsp3) is 0.600. The molecule has 0 spiro atoms. The Morgan fingerprint density at radius 1 is 1.18 bits per heavy atom. The Kier molecular flexibility index (Phi) is 7.63. The summed E-state index contributed by atoms with van der Waals surface area (Å²) in [4.78, 5) is 21.6. The summed E-state index contributed by atoms with van der Waals surface area (Å²) in [6, 6.07) is 6.53. The lowest BCUT2D eigenvalue weighted by atomic mass is 9.74. The zero-order valence-electron chi connectivity index (χ0n) is 19.8. The summed E-state index contributed by atoms with van der Waals surface area (Å²) in [6.45, 7) is 7.02. The lowest BCUT2D eigenvalue weighted by molar-refractivity contribution is -0.159. The van der Waals surface area contributed by atoms with Gasteiger partial charge in [-0.25, -0.2) is 14.6 Å². The molecule has 1 aliphatic carbocycles. The van der Waals surface area contributed by atoms with Crippen molar-refractivity contribution in [2.45, 2.75) is 71.8 Å². The number of ether oxygens (including phenoxy) is 2. The molecule has 8 heteroatoms. The van der Waals surface area contributed by atoms with Crippen LogP contribution in [0.25, 0.3) is 10.2 Å². The fourth-order valence-electron chi connectivity index (χ4n) is 5.02. The van der Waals surface area contributed by atoms with E-state index in [4.69, 9.17) is 14.5 Å². The predicted octanol–water partition coefficient (Wildman–Crippen LogP) is 5.81. The van der Waals surface area contributed by atoms with Gasteiger partial charge in [-0.1, -0.05) is 63.4 Å². The summed E-state index contributed by atoms with van der Waals surface area (Å²) in [6.07, 6.45) is 10.4. The van der Waals surface area contributed by atoms with Gasteiger partial charge in [0.2, 0.25) is 0 Å². The van der Waals surface area contributed by atoms with Gasteiger partial charge in [0.25, 0.3) is 5.19 Å². The molecular formula is C25H34N4O3S. The smallest absolute Gasteiger partial charge is 0.315 e. The van der Waals surface area contributed by atoms with Crippen molar-refractivity contribution >= 4 is 27.5 Å². The van der Waals surface area contributed by atoms with E-state index in [2.05, 4.69) is 42.1 Å². The van der Waals surface area contributed by atoms with E-state index in [0.29, 0.717) is 24.3 Å². The molecule has 2 aromatic heterocycles. The van der Waals surface area contributed by atoms with E-state index in [-0.39, 0.29) is 12.0 Å². The lowest BCUT2D eigenvalue weighted by Gasteiger charge is -2.33. The standard InChI is InChI=1S/C25H34N4O3S/c1-4-18(5-2)22(29-17-26-16-27-29)19-10-11-20-21(14-19)33-24(28-20)32-15-25(23(30)31-6-3)12-8-7-9-13-25/h10-11,14,16-18,22H,4-9,12-13,15H2,1-3H3. The first kappa shape index (κ1) is 23.7. The highest BCUT2D eigenvalue weighted by Crippen LogP contribution is 2.40. The highest BCUT2D eigenvalue weighted by Gasteiger charge is 2.42. The first-order valence-corrected chi connectivity index (χ1v) is 13.0. The number of benzene rings is 1. The molecule has 1 aliphatic rings. The Hall–Kier alpha value is -2.48. The number of hydrogen-bond acceptors (Lipinski definition) is 7. The Morgan fingerprint density at radius 3 is 2.64 bits per heavy atom. The number of nitrogens with zero attached hydrogens (tertiary/aromatic N) is 4.